The number of nitrogens with zero attached hydrogens (tertiary/aromatic N) is 1. The molecule has 152 valence electrons. The molecule has 3 aromatic rings. The number of hydrogen-bond acceptors (Lipinski definition) is 2. The first kappa shape index (κ1) is 19.8. The fourth-order valence-electron chi connectivity index (χ4n) is 4.08. The molecule has 30 heavy (non-hydrogen) atoms. The lowest BCUT2D eigenvalue weighted by Gasteiger charge is -2.31. The van der Waals surface area contributed by atoms with E-state index in [-0.39, 0.29) is 24.2 Å². The smallest absolute Gasteiger partial charge is 0.255 e. The normalized spacial score (nSPS) is 15.9. The quantitative estimate of drug-likeness (QED) is 0.660. The van der Waals surface area contributed by atoms with Gasteiger partial charge in [-0.1, -0.05) is 47.0 Å². The number of carbonyl (C=O) groups excluding carboxylic acids is 2. The second kappa shape index (κ2) is 7.75. The Bertz CT molecular complexity index is 1120. The Morgan fingerprint density at radius 2 is 1.60 bits per heavy atom. The molecule has 3 aromatic carbocycles. The zero-order valence-corrected chi connectivity index (χ0v) is 17.2. The maximum atomic E-state index is 13.6. The highest BCUT2D eigenvalue weighted by molar-refractivity contribution is 6.01. The second-order valence-electron chi connectivity index (χ2n) is 7.90. The van der Waals surface area contributed by atoms with Crippen LogP contribution in [0.5, 0.6) is 0 Å². The maximum absolute atomic E-state index is 13.6. The topological polar surface area (TPSA) is 49.4 Å². The number of rotatable bonds is 2. The number of nitrogens with one attached hydrogen (secondary N) is 1. The lowest BCUT2D eigenvalue weighted by atomic mass is 9.93. The van der Waals surface area contributed by atoms with Crippen molar-refractivity contribution >= 4 is 17.5 Å². The van der Waals surface area contributed by atoms with Gasteiger partial charge in [-0.05, 0) is 56.7 Å². The van der Waals surface area contributed by atoms with Gasteiger partial charge in [-0.3, -0.25) is 9.59 Å². The Labute approximate surface area is 175 Å². The average Bonchev–Trinajstić information content (AvgIpc) is 2.83. The number of aryl methyl sites for hydroxylation is 3. The Kier molecular flexibility index (Phi) is 5.12. The predicted octanol–water partition coefficient (Wildman–Crippen LogP) is 4.93. The summed E-state index contributed by atoms with van der Waals surface area (Å²) in [6, 6.07) is 17.0. The van der Waals surface area contributed by atoms with Gasteiger partial charge < -0.3 is 10.2 Å². The van der Waals surface area contributed by atoms with Crippen LogP contribution in [0.15, 0.2) is 60.7 Å². The highest BCUT2D eigenvalue weighted by atomic mass is 19.1. The number of halogens is 1. The summed E-state index contributed by atoms with van der Waals surface area (Å²) in [4.78, 5) is 27.9. The molecule has 1 aliphatic heterocycles. The third kappa shape index (κ3) is 3.83. The molecule has 1 aliphatic rings. The lowest BCUT2D eigenvalue weighted by molar-refractivity contribution is -0.117. The van der Waals surface area contributed by atoms with Crippen LogP contribution in [0.3, 0.4) is 0 Å². The van der Waals surface area contributed by atoms with Gasteiger partial charge in [0.25, 0.3) is 5.91 Å². The molecule has 0 saturated heterocycles. The predicted molar refractivity (Wildman–Crippen MR) is 115 cm³/mol. The number of anilines is 1. The Hall–Kier alpha value is -3.47. The summed E-state index contributed by atoms with van der Waals surface area (Å²) < 4.78 is 13.6. The fourth-order valence-corrected chi connectivity index (χ4v) is 4.08. The van der Waals surface area contributed by atoms with Gasteiger partial charge in [-0.25, -0.2) is 4.39 Å². The standard InChI is InChI=1S/C25H23FN2O2/c1-15-4-9-22-21(13-15)24(18-5-7-20(26)8-6-18)28(14-23(29)27-22)25(30)19-11-16(2)10-17(3)12-19/h4-13,24H,14H2,1-3H3,(H,27,29)/t24-/m0/s1. The molecule has 0 unspecified atom stereocenters. The summed E-state index contributed by atoms with van der Waals surface area (Å²) >= 11 is 0. The summed E-state index contributed by atoms with van der Waals surface area (Å²) in [7, 11) is 0. The number of benzene rings is 3. The van der Waals surface area contributed by atoms with Crippen molar-refractivity contribution in [2.45, 2.75) is 26.8 Å². The van der Waals surface area contributed by atoms with Crippen LogP contribution < -0.4 is 5.32 Å². The van der Waals surface area contributed by atoms with Crippen molar-refractivity contribution in [1.29, 1.82) is 0 Å². The molecule has 4 rings (SSSR count). The Balaban J connectivity index is 1.90. The molecule has 0 bridgehead atoms. The second-order valence-corrected chi connectivity index (χ2v) is 7.90. The highest BCUT2D eigenvalue weighted by Crippen LogP contribution is 2.37. The molecule has 1 N–H and O–H groups in total. The molecular formula is C25H23FN2O2. The SMILES string of the molecule is Cc1cc(C)cc(C(=O)N2CC(=O)Nc3ccc(C)cc3[C@@H]2c2ccc(F)cc2)c1. The minimum Gasteiger partial charge on any atom is -0.324 e. The van der Waals surface area contributed by atoms with E-state index in [2.05, 4.69) is 5.32 Å². The number of hydrogen-bond donors (Lipinski definition) is 1. The summed E-state index contributed by atoms with van der Waals surface area (Å²) in [6.07, 6.45) is 0. The van der Waals surface area contributed by atoms with Crippen molar-refractivity contribution < 1.29 is 14.0 Å². The van der Waals surface area contributed by atoms with Gasteiger partial charge in [0.05, 0.1) is 6.04 Å². The van der Waals surface area contributed by atoms with Gasteiger partial charge in [0.2, 0.25) is 5.91 Å². The number of amides is 2. The molecule has 2 amide bonds. The van der Waals surface area contributed by atoms with Gasteiger partial charge in [0.15, 0.2) is 0 Å². The summed E-state index contributed by atoms with van der Waals surface area (Å²) in [5, 5.41) is 2.91. The van der Waals surface area contributed by atoms with E-state index in [4.69, 9.17) is 0 Å². The van der Waals surface area contributed by atoms with Gasteiger partial charge >= 0.3 is 0 Å². The van der Waals surface area contributed by atoms with E-state index in [0.29, 0.717) is 11.3 Å². The van der Waals surface area contributed by atoms with Gasteiger partial charge in [-0.2, -0.15) is 0 Å². The zero-order valence-electron chi connectivity index (χ0n) is 17.2. The van der Waals surface area contributed by atoms with Gasteiger partial charge in [-0.15, -0.1) is 0 Å². The average molecular weight is 402 g/mol. The van der Waals surface area contributed by atoms with Gasteiger partial charge in [0.1, 0.15) is 12.4 Å². The minimum absolute atomic E-state index is 0.0956. The van der Waals surface area contributed by atoms with Crippen molar-refractivity contribution in [3.05, 3.63) is 99.9 Å². The van der Waals surface area contributed by atoms with Crippen LogP contribution in [-0.2, 0) is 4.79 Å². The Morgan fingerprint density at radius 3 is 2.27 bits per heavy atom. The van der Waals surface area contributed by atoms with E-state index in [1.54, 1.807) is 17.0 Å². The van der Waals surface area contributed by atoms with Crippen molar-refractivity contribution in [1.82, 2.24) is 4.90 Å². The molecule has 1 heterocycles. The summed E-state index contributed by atoms with van der Waals surface area (Å²) in [5.41, 5.74) is 5.72. The molecule has 0 saturated carbocycles. The molecule has 0 fully saturated rings. The third-order valence-electron chi connectivity index (χ3n) is 5.32. The van der Waals surface area contributed by atoms with Crippen LogP contribution in [0.4, 0.5) is 10.1 Å². The lowest BCUT2D eigenvalue weighted by Crippen LogP contribution is -2.39. The van der Waals surface area contributed by atoms with E-state index >= 15 is 0 Å². The zero-order chi connectivity index (χ0) is 21.4. The molecule has 0 spiro atoms. The van der Waals surface area contributed by atoms with Crippen molar-refractivity contribution in [3.63, 3.8) is 0 Å². The fraction of sp³-hybridized carbons (Fsp3) is 0.200. The van der Waals surface area contributed by atoms with Crippen LogP contribution in [0.1, 0.15) is 44.2 Å². The molecular weight excluding hydrogens is 379 g/mol. The first-order valence-corrected chi connectivity index (χ1v) is 9.87. The minimum atomic E-state index is -0.521. The maximum Gasteiger partial charge on any atom is 0.255 e. The summed E-state index contributed by atoms with van der Waals surface area (Å²) in [5.74, 6) is -0.846. The van der Waals surface area contributed by atoms with E-state index in [1.807, 2.05) is 57.2 Å². The largest absolute Gasteiger partial charge is 0.324 e. The van der Waals surface area contributed by atoms with Gasteiger partial charge in [0, 0.05) is 16.8 Å². The Morgan fingerprint density at radius 1 is 0.933 bits per heavy atom. The monoisotopic (exact) mass is 402 g/mol. The molecule has 4 nitrogen and oxygen atoms in total. The van der Waals surface area contributed by atoms with E-state index < -0.39 is 6.04 Å². The highest BCUT2D eigenvalue weighted by Gasteiger charge is 2.34. The van der Waals surface area contributed by atoms with Crippen molar-refractivity contribution in [2.75, 3.05) is 11.9 Å². The molecule has 0 aliphatic carbocycles. The van der Waals surface area contributed by atoms with Crippen molar-refractivity contribution in [2.24, 2.45) is 0 Å². The molecule has 1 atom stereocenters. The van der Waals surface area contributed by atoms with E-state index in [0.717, 1.165) is 27.8 Å². The van der Waals surface area contributed by atoms with Crippen LogP contribution in [-0.4, -0.2) is 23.3 Å². The number of fused-ring (bicyclic) bond motifs is 1. The van der Waals surface area contributed by atoms with Crippen molar-refractivity contribution in [3.8, 4) is 0 Å². The van der Waals surface area contributed by atoms with E-state index in [9.17, 15) is 14.0 Å². The third-order valence-corrected chi connectivity index (χ3v) is 5.32. The van der Waals surface area contributed by atoms with Crippen LogP contribution in [0.25, 0.3) is 0 Å². The molecule has 5 heteroatoms. The van der Waals surface area contributed by atoms with Crippen LogP contribution in [0, 0.1) is 26.6 Å². The van der Waals surface area contributed by atoms with Crippen LogP contribution in [0.2, 0.25) is 0 Å². The molecule has 0 aromatic heterocycles. The van der Waals surface area contributed by atoms with E-state index in [1.165, 1.54) is 12.1 Å². The van der Waals surface area contributed by atoms with Crippen LogP contribution >= 0.6 is 0 Å². The first-order chi connectivity index (χ1) is 14.3. The molecule has 0 radical (unpaired) electrons. The number of carbonyl (C=O) groups is 2. The summed E-state index contributed by atoms with van der Waals surface area (Å²) in [6.45, 7) is 5.75. The first-order valence-electron chi connectivity index (χ1n) is 9.87.